The van der Waals surface area contributed by atoms with E-state index in [2.05, 4.69) is 67.1 Å². The number of nitrogens with one attached hydrogen (secondary N) is 2. The van der Waals surface area contributed by atoms with Crippen LogP contribution in [-0.2, 0) is 26.1 Å². The number of hydrogen-bond acceptors (Lipinski definition) is 9. The molecule has 3 aromatic heterocycles. The highest BCUT2D eigenvalue weighted by molar-refractivity contribution is 7.99. The summed E-state index contributed by atoms with van der Waals surface area (Å²) in [5.74, 6) is 2.86. The van der Waals surface area contributed by atoms with E-state index in [4.69, 9.17) is 15.5 Å². The Hall–Kier alpha value is -3.80. The number of hydrogen-bond donors (Lipinski definition) is 4. The van der Waals surface area contributed by atoms with Crippen LogP contribution in [0.25, 0.3) is 21.9 Å². The maximum absolute atomic E-state index is 9.69. The molecule has 1 aliphatic rings. The van der Waals surface area contributed by atoms with Crippen molar-refractivity contribution in [1.82, 2.24) is 29.4 Å². The molecular weight excluding hydrogens is 560 g/mol. The molecule has 0 unspecified atom stereocenters. The lowest BCUT2D eigenvalue weighted by molar-refractivity contribution is 0.276. The zero-order chi connectivity index (χ0) is 29.8. The van der Waals surface area contributed by atoms with Crippen molar-refractivity contribution in [2.45, 2.75) is 63.4 Å². The number of aryl methyl sites for hydroxylation is 1. The third-order valence-corrected chi connectivity index (χ3v) is 8.96. The highest BCUT2D eigenvalue weighted by Gasteiger charge is 2.21. The summed E-state index contributed by atoms with van der Waals surface area (Å²) in [7, 11) is 1.71. The van der Waals surface area contributed by atoms with E-state index in [1.165, 1.54) is 5.56 Å². The standard InChI is InChI=1S/C32H40N8O2S/c1-3-6-23(12-15-41)35-30-29-28(37-31(33)38-30)25-7-4-5-8-26(25)40(29)19-22-17-21(9-10-27(22)42-2)18-34-13-11-24-20-39-14-16-43-32(39)36-24/h4-5,7-10,17,20,23,34,41H,3,6,11-16,18-19H2,1-2H3,(H3,33,35,37,38)/t23-/m0/s1. The van der Waals surface area contributed by atoms with Gasteiger partial charge in [-0.15, -0.1) is 0 Å². The van der Waals surface area contributed by atoms with Gasteiger partial charge in [-0.2, -0.15) is 4.98 Å². The van der Waals surface area contributed by atoms with Crippen LogP contribution in [0, 0.1) is 0 Å². The minimum absolute atomic E-state index is 0.0739. The normalized spacial score (nSPS) is 13.6. The Morgan fingerprint density at radius 2 is 2.02 bits per heavy atom. The van der Waals surface area contributed by atoms with E-state index in [0.717, 1.165) is 88.7 Å². The van der Waals surface area contributed by atoms with E-state index in [-0.39, 0.29) is 18.6 Å². The van der Waals surface area contributed by atoms with Crippen molar-refractivity contribution >= 4 is 45.5 Å². The Balaban J connectivity index is 1.29. The topological polar surface area (TPSA) is 128 Å². The zero-order valence-electron chi connectivity index (χ0n) is 24.8. The molecule has 1 aliphatic heterocycles. The molecule has 0 radical (unpaired) electrons. The number of anilines is 2. The van der Waals surface area contributed by atoms with Gasteiger partial charge < -0.3 is 35.3 Å². The highest BCUT2D eigenvalue weighted by Crippen LogP contribution is 2.35. The molecule has 1 atom stereocenters. The fourth-order valence-corrected chi connectivity index (χ4v) is 6.93. The third kappa shape index (κ3) is 6.29. The van der Waals surface area contributed by atoms with Crippen molar-refractivity contribution in [3.05, 3.63) is 65.5 Å². The summed E-state index contributed by atoms with van der Waals surface area (Å²) < 4.78 is 10.3. The minimum Gasteiger partial charge on any atom is -0.496 e. The lowest BCUT2D eigenvalue weighted by Crippen LogP contribution is -2.22. The van der Waals surface area contributed by atoms with E-state index in [0.29, 0.717) is 18.8 Å². The van der Waals surface area contributed by atoms with E-state index >= 15 is 0 Å². The van der Waals surface area contributed by atoms with Crippen LogP contribution in [0.1, 0.15) is 43.0 Å². The molecule has 6 rings (SSSR count). The quantitative estimate of drug-likeness (QED) is 0.133. The third-order valence-electron chi connectivity index (χ3n) is 7.99. The average molecular weight is 601 g/mol. The van der Waals surface area contributed by atoms with Gasteiger partial charge in [0.2, 0.25) is 5.95 Å². The summed E-state index contributed by atoms with van der Waals surface area (Å²) in [6, 6.07) is 14.7. The van der Waals surface area contributed by atoms with Crippen LogP contribution in [-0.4, -0.2) is 61.2 Å². The summed E-state index contributed by atoms with van der Waals surface area (Å²) in [6.07, 6.45) is 5.62. The van der Waals surface area contributed by atoms with Gasteiger partial charge in [-0.3, -0.25) is 0 Å². The van der Waals surface area contributed by atoms with Gasteiger partial charge in [-0.1, -0.05) is 49.4 Å². The van der Waals surface area contributed by atoms with Crippen LogP contribution in [0.5, 0.6) is 5.75 Å². The van der Waals surface area contributed by atoms with Gasteiger partial charge in [0.25, 0.3) is 0 Å². The van der Waals surface area contributed by atoms with Crippen LogP contribution in [0.2, 0.25) is 0 Å². The second-order valence-electron chi connectivity index (χ2n) is 11.0. The van der Waals surface area contributed by atoms with Crippen molar-refractivity contribution in [1.29, 1.82) is 0 Å². The number of methoxy groups -OCH3 is 1. The monoisotopic (exact) mass is 600 g/mol. The van der Waals surface area contributed by atoms with E-state index in [9.17, 15) is 5.11 Å². The number of aliphatic hydroxyl groups excluding tert-OH is 1. The van der Waals surface area contributed by atoms with Gasteiger partial charge in [0.15, 0.2) is 11.0 Å². The molecule has 11 heteroatoms. The Labute approximate surface area is 256 Å². The number of thioether (sulfide) groups is 1. The molecule has 2 aromatic carbocycles. The first-order valence-corrected chi connectivity index (χ1v) is 16.0. The van der Waals surface area contributed by atoms with Gasteiger partial charge in [-0.25, -0.2) is 9.97 Å². The van der Waals surface area contributed by atoms with Gasteiger partial charge in [0.1, 0.15) is 16.8 Å². The molecule has 0 bridgehead atoms. The van der Waals surface area contributed by atoms with Gasteiger partial charge in [0, 0.05) is 61.6 Å². The van der Waals surface area contributed by atoms with E-state index in [1.54, 1.807) is 7.11 Å². The summed E-state index contributed by atoms with van der Waals surface area (Å²) >= 11 is 1.83. The zero-order valence-corrected chi connectivity index (χ0v) is 25.7. The number of aromatic nitrogens is 5. The number of aliphatic hydroxyl groups is 1. The number of ether oxygens (including phenoxy) is 1. The summed E-state index contributed by atoms with van der Waals surface area (Å²) in [5.41, 5.74) is 12.4. The molecular formula is C32H40N8O2S. The molecule has 226 valence electrons. The molecule has 0 saturated carbocycles. The molecule has 0 saturated heterocycles. The molecule has 0 amide bonds. The maximum atomic E-state index is 9.69. The van der Waals surface area contributed by atoms with Crippen LogP contribution in [0.3, 0.4) is 0 Å². The maximum Gasteiger partial charge on any atom is 0.222 e. The number of nitrogens with zero attached hydrogens (tertiary/aromatic N) is 5. The molecule has 4 heterocycles. The Morgan fingerprint density at radius 1 is 1.14 bits per heavy atom. The molecule has 0 aliphatic carbocycles. The molecule has 5 aromatic rings. The Kier molecular flexibility index (Phi) is 9.01. The van der Waals surface area contributed by atoms with Crippen LogP contribution in [0.15, 0.2) is 53.8 Å². The summed E-state index contributed by atoms with van der Waals surface area (Å²) in [6.45, 7) is 5.48. The second kappa shape index (κ2) is 13.2. The lowest BCUT2D eigenvalue weighted by Gasteiger charge is -2.20. The second-order valence-corrected chi connectivity index (χ2v) is 12.1. The fourth-order valence-electron chi connectivity index (χ4n) is 5.96. The first-order chi connectivity index (χ1) is 21.1. The smallest absolute Gasteiger partial charge is 0.222 e. The van der Waals surface area contributed by atoms with Gasteiger partial charge in [-0.05, 0) is 36.6 Å². The summed E-state index contributed by atoms with van der Waals surface area (Å²) in [4.78, 5) is 14.1. The van der Waals surface area contributed by atoms with Crippen LogP contribution >= 0.6 is 11.8 Å². The number of nitrogen functional groups attached to an aromatic ring is 1. The summed E-state index contributed by atoms with van der Waals surface area (Å²) in [5, 5.41) is 19.0. The van der Waals surface area contributed by atoms with Crippen LogP contribution < -0.4 is 21.1 Å². The van der Waals surface area contributed by atoms with E-state index < -0.39 is 0 Å². The lowest BCUT2D eigenvalue weighted by atomic mass is 10.1. The van der Waals surface area contributed by atoms with E-state index in [1.807, 2.05) is 30.0 Å². The number of para-hydroxylation sites is 1. The van der Waals surface area contributed by atoms with Crippen molar-refractivity contribution in [3.8, 4) is 5.75 Å². The minimum atomic E-state index is 0.0739. The number of fused-ring (bicyclic) bond motifs is 4. The molecule has 5 N–H and O–H groups in total. The van der Waals surface area contributed by atoms with Crippen molar-refractivity contribution in [3.63, 3.8) is 0 Å². The van der Waals surface area contributed by atoms with Crippen molar-refractivity contribution < 1.29 is 9.84 Å². The van der Waals surface area contributed by atoms with Gasteiger partial charge in [0.05, 0.1) is 24.9 Å². The predicted octanol–water partition coefficient (Wildman–Crippen LogP) is 4.82. The first-order valence-electron chi connectivity index (χ1n) is 15.0. The number of imidazole rings is 1. The Bertz CT molecular complexity index is 1690. The average Bonchev–Trinajstić information content (AvgIpc) is 3.69. The SMILES string of the molecule is CCC[C@@H](CCO)Nc1nc(N)nc2c3ccccc3n(Cc3cc(CNCCc4cn5c(n4)SCC5)ccc3OC)c12. The fraction of sp³-hybridized carbons (Fsp3) is 0.406. The first kappa shape index (κ1) is 29.3. The predicted molar refractivity (Wildman–Crippen MR) is 174 cm³/mol. The van der Waals surface area contributed by atoms with Crippen LogP contribution in [0.4, 0.5) is 11.8 Å². The number of nitrogens with two attached hydrogens (primary N) is 1. The van der Waals surface area contributed by atoms with Crippen molar-refractivity contribution in [2.24, 2.45) is 0 Å². The molecule has 0 spiro atoms. The largest absolute Gasteiger partial charge is 0.496 e. The molecule has 10 nitrogen and oxygen atoms in total. The number of benzene rings is 2. The van der Waals surface area contributed by atoms with Crippen molar-refractivity contribution in [2.75, 3.05) is 37.1 Å². The highest BCUT2D eigenvalue weighted by atomic mass is 32.2. The molecule has 43 heavy (non-hydrogen) atoms. The number of rotatable bonds is 14. The van der Waals surface area contributed by atoms with Gasteiger partial charge >= 0.3 is 0 Å². The molecule has 0 fully saturated rings. The Morgan fingerprint density at radius 3 is 2.84 bits per heavy atom.